The van der Waals surface area contributed by atoms with Crippen LogP contribution in [0.2, 0.25) is 0 Å². The lowest BCUT2D eigenvalue weighted by Gasteiger charge is -2.12. The van der Waals surface area contributed by atoms with Crippen LogP contribution in [0.15, 0.2) is 114 Å². The molecule has 0 aliphatic carbocycles. The zero-order valence-corrected chi connectivity index (χ0v) is 24.1. The molecule has 0 atom stereocenters. The Hall–Kier alpha value is -4.93. The van der Waals surface area contributed by atoms with Crippen molar-refractivity contribution in [2.45, 2.75) is 4.90 Å². The van der Waals surface area contributed by atoms with Gasteiger partial charge in [0.05, 0.1) is 23.1 Å². The van der Waals surface area contributed by atoms with Gasteiger partial charge in [-0.15, -0.1) is 11.8 Å². The fourth-order valence-corrected chi connectivity index (χ4v) is 5.45. The minimum Gasteiger partial charge on any atom is -0.497 e. The summed E-state index contributed by atoms with van der Waals surface area (Å²) in [6.07, 6.45) is 1.60. The lowest BCUT2D eigenvalue weighted by atomic mass is 10.1. The lowest BCUT2D eigenvalue weighted by Crippen LogP contribution is -2.30. The van der Waals surface area contributed by atoms with Crippen LogP contribution in [0.5, 0.6) is 5.75 Å². The van der Waals surface area contributed by atoms with E-state index in [2.05, 4.69) is 20.9 Å². The predicted octanol–water partition coefficient (Wildman–Crippen LogP) is 6.45. The fraction of sp³-hybridized carbons (Fsp3) is 0.0625. The molecular weight excluding hydrogens is 569 g/mol. The van der Waals surface area contributed by atoms with Crippen molar-refractivity contribution in [3.8, 4) is 5.75 Å². The Labute approximate surface area is 250 Å². The van der Waals surface area contributed by atoms with E-state index < -0.39 is 11.8 Å². The lowest BCUT2D eigenvalue weighted by molar-refractivity contribution is -0.114. The van der Waals surface area contributed by atoms with Gasteiger partial charge in [-0.3, -0.25) is 14.4 Å². The topological polar surface area (TPSA) is 109 Å². The SMILES string of the molecule is COc1ccc(/C=C(\NC(=O)c2ccccc2)C(=O)Nc2ccc(SCC(=O)Nc3nc4ccccc4s3)cc2)cc1. The highest BCUT2D eigenvalue weighted by atomic mass is 32.2. The van der Waals surface area contributed by atoms with Gasteiger partial charge >= 0.3 is 0 Å². The summed E-state index contributed by atoms with van der Waals surface area (Å²) in [5.74, 6) is -0.147. The molecule has 3 amide bonds. The molecule has 5 aromatic rings. The molecule has 0 saturated carbocycles. The summed E-state index contributed by atoms with van der Waals surface area (Å²) in [4.78, 5) is 43.9. The number of hydrogen-bond acceptors (Lipinski definition) is 7. The Bertz CT molecular complexity index is 1700. The number of ether oxygens (including phenoxy) is 1. The third-order valence-corrected chi connectivity index (χ3v) is 7.94. The quantitative estimate of drug-likeness (QED) is 0.127. The van der Waals surface area contributed by atoms with Gasteiger partial charge in [0.15, 0.2) is 5.13 Å². The maximum Gasteiger partial charge on any atom is 0.272 e. The van der Waals surface area contributed by atoms with Gasteiger partial charge in [-0.25, -0.2) is 4.98 Å². The van der Waals surface area contributed by atoms with Crippen LogP contribution in [0.25, 0.3) is 16.3 Å². The monoisotopic (exact) mass is 594 g/mol. The number of para-hydroxylation sites is 1. The van der Waals surface area contributed by atoms with Crippen LogP contribution >= 0.6 is 23.1 Å². The van der Waals surface area contributed by atoms with Gasteiger partial charge in [0.1, 0.15) is 11.4 Å². The van der Waals surface area contributed by atoms with E-state index in [9.17, 15) is 14.4 Å². The normalized spacial score (nSPS) is 11.1. The second-order valence-electron chi connectivity index (χ2n) is 8.95. The average Bonchev–Trinajstić information content (AvgIpc) is 3.43. The first-order valence-corrected chi connectivity index (χ1v) is 14.7. The van der Waals surface area contributed by atoms with Crippen LogP contribution in [0.1, 0.15) is 15.9 Å². The molecule has 8 nitrogen and oxygen atoms in total. The molecule has 0 saturated heterocycles. The Balaban J connectivity index is 1.21. The van der Waals surface area contributed by atoms with Crippen LogP contribution < -0.4 is 20.7 Å². The van der Waals surface area contributed by atoms with Gasteiger partial charge in [0.2, 0.25) is 5.91 Å². The van der Waals surface area contributed by atoms with Gasteiger partial charge in [0, 0.05) is 16.1 Å². The van der Waals surface area contributed by atoms with Crippen LogP contribution in [0.3, 0.4) is 0 Å². The van der Waals surface area contributed by atoms with E-state index in [1.807, 2.05) is 42.5 Å². The Morgan fingerprint density at radius 2 is 1.57 bits per heavy atom. The average molecular weight is 595 g/mol. The standard InChI is InChI=1S/C32H26N4O4S2/c1-40-24-15-11-21(12-16-24)19-27(34-30(38)22-7-3-2-4-8-22)31(39)33-23-13-17-25(18-14-23)41-20-29(37)36-32-35-26-9-5-6-10-28(26)42-32/h2-19H,20H2,1H3,(H,33,39)(H,34,38)(H,35,36,37)/b27-19-. The van der Waals surface area contributed by atoms with Crippen molar-refractivity contribution in [3.63, 3.8) is 0 Å². The molecular formula is C32H26N4O4S2. The van der Waals surface area contributed by atoms with Crippen LogP contribution in [0.4, 0.5) is 10.8 Å². The number of hydrogen-bond donors (Lipinski definition) is 3. The molecule has 1 aromatic heterocycles. The summed E-state index contributed by atoms with van der Waals surface area (Å²) in [5, 5.41) is 8.98. The molecule has 0 spiro atoms. The van der Waals surface area contributed by atoms with Crippen LogP contribution in [-0.2, 0) is 9.59 Å². The molecule has 0 unspecified atom stereocenters. The number of nitrogens with one attached hydrogen (secondary N) is 3. The Morgan fingerprint density at radius 3 is 2.29 bits per heavy atom. The minimum absolute atomic E-state index is 0.0824. The van der Waals surface area contributed by atoms with Gasteiger partial charge < -0.3 is 20.7 Å². The molecule has 0 radical (unpaired) electrons. The maximum absolute atomic E-state index is 13.3. The van der Waals surface area contributed by atoms with Gasteiger partial charge in [-0.05, 0) is 72.3 Å². The van der Waals surface area contributed by atoms with Crippen molar-refractivity contribution in [1.82, 2.24) is 10.3 Å². The summed E-state index contributed by atoms with van der Waals surface area (Å²) in [7, 11) is 1.58. The number of rotatable bonds is 10. The highest BCUT2D eigenvalue weighted by molar-refractivity contribution is 8.00. The molecule has 0 aliphatic rings. The van der Waals surface area contributed by atoms with E-state index in [1.165, 1.54) is 23.1 Å². The summed E-state index contributed by atoms with van der Waals surface area (Å²) in [6.45, 7) is 0. The van der Waals surface area contributed by atoms with Gasteiger partial charge in [-0.2, -0.15) is 0 Å². The molecule has 0 fully saturated rings. The zero-order valence-electron chi connectivity index (χ0n) is 22.5. The maximum atomic E-state index is 13.3. The summed E-state index contributed by atoms with van der Waals surface area (Å²) < 4.78 is 6.22. The van der Waals surface area contributed by atoms with E-state index in [0.29, 0.717) is 27.7 Å². The van der Waals surface area contributed by atoms with E-state index in [1.54, 1.807) is 73.8 Å². The van der Waals surface area contributed by atoms with Crippen molar-refractivity contribution < 1.29 is 19.1 Å². The number of benzene rings is 4. The minimum atomic E-state index is -0.481. The zero-order chi connectivity index (χ0) is 29.3. The molecule has 3 N–H and O–H groups in total. The number of thioether (sulfide) groups is 1. The number of anilines is 2. The van der Waals surface area contributed by atoms with Crippen LogP contribution in [-0.4, -0.2) is 35.6 Å². The first kappa shape index (κ1) is 28.6. The van der Waals surface area contributed by atoms with Crippen molar-refractivity contribution in [2.75, 3.05) is 23.5 Å². The smallest absolute Gasteiger partial charge is 0.272 e. The number of thiazole rings is 1. The van der Waals surface area contributed by atoms with Crippen molar-refractivity contribution >= 4 is 67.9 Å². The van der Waals surface area contributed by atoms with E-state index in [-0.39, 0.29) is 17.4 Å². The molecule has 10 heteroatoms. The molecule has 1 heterocycles. The number of nitrogens with zero attached hydrogens (tertiary/aromatic N) is 1. The molecule has 42 heavy (non-hydrogen) atoms. The molecule has 0 aliphatic heterocycles. The van der Waals surface area contributed by atoms with Gasteiger partial charge in [-0.1, -0.05) is 53.8 Å². The highest BCUT2D eigenvalue weighted by Gasteiger charge is 2.15. The number of carbonyl (C=O) groups excluding carboxylic acids is 3. The number of amides is 3. The van der Waals surface area contributed by atoms with E-state index in [4.69, 9.17) is 4.74 Å². The molecule has 5 rings (SSSR count). The summed E-state index contributed by atoms with van der Waals surface area (Å²) in [5.41, 5.74) is 2.62. The largest absolute Gasteiger partial charge is 0.497 e. The number of carbonyl (C=O) groups is 3. The molecule has 4 aromatic carbocycles. The third kappa shape index (κ3) is 7.62. The Morgan fingerprint density at radius 1 is 0.857 bits per heavy atom. The summed E-state index contributed by atoms with van der Waals surface area (Å²) in [6, 6.07) is 30.7. The third-order valence-electron chi connectivity index (χ3n) is 5.98. The number of methoxy groups -OCH3 is 1. The summed E-state index contributed by atoms with van der Waals surface area (Å²) >= 11 is 2.81. The highest BCUT2D eigenvalue weighted by Crippen LogP contribution is 2.26. The molecule has 210 valence electrons. The Kier molecular flexibility index (Phi) is 9.27. The second-order valence-corrected chi connectivity index (χ2v) is 11.0. The van der Waals surface area contributed by atoms with Gasteiger partial charge in [0.25, 0.3) is 11.8 Å². The molecule has 0 bridgehead atoms. The van der Waals surface area contributed by atoms with Crippen molar-refractivity contribution in [2.24, 2.45) is 0 Å². The van der Waals surface area contributed by atoms with Crippen LogP contribution in [0, 0.1) is 0 Å². The second kappa shape index (κ2) is 13.6. The number of fused-ring (bicyclic) bond motifs is 1. The fourth-order valence-electron chi connectivity index (χ4n) is 3.87. The first-order valence-electron chi connectivity index (χ1n) is 12.9. The number of aromatic nitrogens is 1. The van der Waals surface area contributed by atoms with Crippen molar-refractivity contribution in [3.05, 3.63) is 120 Å². The van der Waals surface area contributed by atoms with Crippen molar-refractivity contribution in [1.29, 1.82) is 0 Å². The van der Waals surface area contributed by atoms with E-state index >= 15 is 0 Å². The van der Waals surface area contributed by atoms with E-state index in [0.717, 1.165) is 15.1 Å². The predicted molar refractivity (Wildman–Crippen MR) is 169 cm³/mol. The first-order chi connectivity index (χ1) is 20.5.